The Morgan fingerprint density at radius 1 is 1.13 bits per heavy atom. The number of aliphatic hydroxyl groups excluding tert-OH is 1. The van der Waals surface area contributed by atoms with Gasteiger partial charge in [0, 0.05) is 11.8 Å². The predicted octanol–water partition coefficient (Wildman–Crippen LogP) is 4.12. The number of carbonyl (C=O) groups is 2. The van der Waals surface area contributed by atoms with Crippen LogP contribution in [0.3, 0.4) is 0 Å². The summed E-state index contributed by atoms with van der Waals surface area (Å²) < 4.78 is 24.4. The largest absolute Gasteiger partial charge is 0.482 e. The Morgan fingerprint density at radius 2 is 2.00 bits per heavy atom. The van der Waals surface area contributed by atoms with Crippen molar-refractivity contribution >= 4 is 23.1 Å². The minimum Gasteiger partial charge on any atom is -0.482 e. The first-order chi connectivity index (χ1) is 15.1. The Balaban J connectivity index is 1.69. The molecule has 3 rings (SSSR count). The van der Waals surface area contributed by atoms with E-state index in [-0.39, 0.29) is 25.4 Å². The van der Waals surface area contributed by atoms with Gasteiger partial charge >= 0.3 is 5.97 Å². The molecule has 0 saturated carbocycles. The molecule has 0 bridgehead atoms. The van der Waals surface area contributed by atoms with Crippen molar-refractivity contribution in [3.63, 3.8) is 0 Å². The van der Waals surface area contributed by atoms with Gasteiger partial charge in [-0.2, -0.15) is 0 Å². The number of hydrogen-bond acceptors (Lipinski definition) is 5. The summed E-state index contributed by atoms with van der Waals surface area (Å²) >= 11 is 0. The number of hydrogen-bond donors (Lipinski definition) is 2. The van der Waals surface area contributed by atoms with Crippen LogP contribution in [0, 0.1) is 5.82 Å². The van der Waals surface area contributed by atoms with E-state index in [4.69, 9.17) is 14.6 Å². The zero-order chi connectivity index (χ0) is 22.1. The standard InChI is InChI=1S/C24H24FNO5/c25-22-11-10-18(17-6-3-1-2-4-7-17)14-21(22)24(29)26-19-8-5-9-20(15-19)31-16-23(28)30-13-12-27/h3,5-11,14-15,27H,1-2,4,12-13,16H2,(H,26,29). The van der Waals surface area contributed by atoms with E-state index in [2.05, 4.69) is 17.5 Å². The van der Waals surface area contributed by atoms with Crippen LogP contribution in [0.5, 0.6) is 5.75 Å². The second-order valence-electron chi connectivity index (χ2n) is 6.90. The number of aliphatic hydroxyl groups is 1. The topological polar surface area (TPSA) is 84.9 Å². The van der Waals surface area contributed by atoms with Gasteiger partial charge in [-0.3, -0.25) is 4.79 Å². The van der Waals surface area contributed by atoms with Crippen molar-refractivity contribution in [3.8, 4) is 5.75 Å². The van der Waals surface area contributed by atoms with E-state index in [9.17, 15) is 14.0 Å². The molecule has 2 aromatic carbocycles. The van der Waals surface area contributed by atoms with Crippen molar-refractivity contribution in [1.82, 2.24) is 0 Å². The molecule has 0 radical (unpaired) electrons. The van der Waals surface area contributed by atoms with Crippen LogP contribution in [-0.4, -0.2) is 36.8 Å². The average molecular weight is 425 g/mol. The highest BCUT2D eigenvalue weighted by atomic mass is 19.1. The van der Waals surface area contributed by atoms with Gasteiger partial charge in [0.25, 0.3) is 5.91 Å². The predicted molar refractivity (Wildman–Crippen MR) is 115 cm³/mol. The van der Waals surface area contributed by atoms with Crippen LogP contribution in [0.2, 0.25) is 0 Å². The van der Waals surface area contributed by atoms with Crippen LogP contribution in [0.25, 0.3) is 5.57 Å². The lowest BCUT2D eigenvalue weighted by molar-refractivity contribution is -0.146. The maximum atomic E-state index is 14.4. The zero-order valence-corrected chi connectivity index (χ0v) is 17.0. The second kappa shape index (κ2) is 11.1. The molecule has 0 aromatic heterocycles. The van der Waals surface area contributed by atoms with Crippen LogP contribution >= 0.6 is 0 Å². The molecule has 0 aliphatic heterocycles. The molecule has 1 aliphatic carbocycles. The SMILES string of the molecule is O=C(COc1cccc(NC(=O)c2cc(C3=CCCCC=C3)ccc2F)c1)OCCO. The number of amides is 1. The number of esters is 1. The Hall–Kier alpha value is -3.45. The Kier molecular flexibility index (Phi) is 7.95. The fourth-order valence-electron chi connectivity index (χ4n) is 3.07. The first-order valence-electron chi connectivity index (χ1n) is 10.0. The summed E-state index contributed by atoms with van der Waals surface area (Å²) in [6, 6.07) is 10.9. The third-order valence-electron chi connectivity index (χ3n) is 4.58. The number of anilines is 1. The molecule has 0 fully saturated rings. The van der Waals surface area contributed by atoms with Gasteiger partial charge in [0.2, 0.25) is 0 Å². The number of nitrogens with one attached hydrogen (secondary N) is 1. The number of carbonyl (C=O) groups excluding carboxylic acids is 2. The van der Waals surface area contributed by atoms with Crippen LogP contribution in [0.4, 0.5) is 10.1 Å². The highest BCUT2D eigenvalue weighted by Gasteiger charge is 2.15. The van der Waals surface area contributed by atoms with Crippen molar-refractivity contribution in [3.05, 3.63) is 77.6 Å². The molecule has 0 unspecified atom stereocenters. The lowest BCUT2D eigenvalue weighted by Gasteiger charge is -2.11. The zero-order valence-electron chi connectivity index (χ0n) is 17.0. The van der Waals surface area contributed by atoms with Crippen molar-refractivity contribution in [2.24, 2.45) is 0 Å². The van der Waals surface area contributed by atoms with E-state index in [1.165, 1.54) is 12.1 Å². The molecule has 0 saturated heterocycles. The molecular formula is C24H24FNO5. The van der Waals surface area contributed by atoms with E-state index < -0.39 is 17.7 Å². The summed E-state index contributed by atoms with van der Waals surface area (Å²) in [5.41, 5.74) is 2.08. The van der Waals surface area contributed by atoms with Crippen LogP contribution in [0.15, 0.2) is 60.7 Å². The molecule has 0 heterocycles. The van der Waals surface area contributed by atoms with Gasteiger partial charge in [0.15, 0.2) is 6.61 Å². The molecule has 6 nitrogen and oxygen atoms in total. The Labute approximate surface area is 180 Å². The minimum absolute atomic E-state index is 0.0602. The second-order valence-corrected chi connectivity index (χ2v) is 6.90. The van der Waals surface area contributed by atoms with Crippen molar-refractivity contribution in [2.75, 3.05) is 25.1 Å². The highest BCUT2D eigenvalue weighted by molar-refractivity contribution is 6.05. The minimum atomic E-state index is -0.621. The number of benzene rings is 2. The molecule has 0 spiro atoms. The van der Waals surface area contributed by atoms with E-state index >= 15 is 0 Å². The number of rotatable bonds is 8. The van der Waals surface area contributed by atoms with Crippen LogP contribution in [-0.2, 0) is 9.53 Å². The van der Waals surface area contributed by atoms with Gasteiger partial charge in [0.1, 0.15) is 18.2 Å². The first-order valence-corrected chi connectivity index (χ1v) is 10.0. The van der Waals surface area contributed by atoms with E-state index in [0.717, 1.165) is 30.4 Å². The number of ether oxygens (including phenoxy) is 2. The third-order valence-corrected chi connectivity index (χ3v) is 4.58. The summed E-state index contributed by atoms with van der Waals surface area (Å²) in [4.78, 5) is 24.2. The Bertz CT molecular complexity index is 999. The third kappa shape index (κ3) is 6.52. The molecule has 162 valence electrons. The summed E-state index contributed by atoms with van der Waals surface area (Å²) in [5, 5.41) is 11.3. The fraction of sp³-hybridized carbons (Fsp3) is 0.250. The monoisotopic (exact) mass is 425 g/mol. The molecular weight excluding hydrogens is 401 g/mol. The quantitative estimate of drug-likeness (QED) is 0.622. The van der Waals surface area contributed by atoms with E-state index in [0.29, 0.717) is 11.4 Å². The summed E-state index contributed by atoms with van der Waals surface area (Å²) in [6.45, 7) is -0.703. The number of halogens is 1. The molecule has 31 heavy (non-hydrogen) atoms. The van der Waals surface area contributed by atoms with Crippen LogP contribution in [0.1, 0.15) is 35.2 Å². The lowest BCUT2D eigenvalue weighted by atomic mass is 10.0. The fourth-order valence-corrected chi connectivity index (χ4v) is 3.07. The smallest absolute Gasteiger partial charge is 0.344 e. The normalized spacial score (nSPS) is 13.2. The maximum Gasteiger partial charge on any atom is 0.344 e. The van der Waals surface area contributed by atoms with Crippen LogP contribution < -0.4 is 10.1 Å². The van der Waals surface area contributed by atoms with Gasteiger partial charge in [-0.15, -0.1) is 0 Å². The van der Waals surface area contributed by atoms with Gasteiger partial charge in [-0.1, -0.05) is 30.4 Å². The van der Waals surface area contributed by atoms with Gasteiger partial charge in [0.05, 0.1) is 12.2 Å². The lowest BCUT2D eigenvalue weighted by Crippen LogP contribution is -2.17. The van der Waals surface area contributed by atoms with Crippen molar-refractivity contribution in [2.45, 2.75) is 19.3 Å². The van der Waals surface area contributed by atoms with Crippen molar-refractivity contribution < 1.29 is 28.6 Å². The van der Waals surface area contributed by atoms with E-state index in [1.54, 1.807) is 30.3 Å². The summed E-state index contributed by atoms with van der Waals surface area (Å²) in [7, 11) is 0. The molecule has 1 aliphatic rings. The van der Waals surface area contributed by atoms with Gasteiger partial charge in [-0.05, 0) is 54.7 Å². The number of allylic oxidation sites excluding steroid dienone is 4. The Morgan fingerprint density at radius 3 is 2.84 bits per heavy atom. The summed E-state index contributed by atoms with van der Waals surface area (Å²) in [5.74, 6) is -1.48. The van der Waals surface area contributed by atoms with Gasteiger partial charge in [-0.25, -0.2) is 9.18 Å². The van der Waals surface area contributed by atoms with Crippen molar-refractivity contribution in [1.29, 1.82) is 0 Å². The maximum absolute atomic E-state index is 14.4. The molecule has 0 atom stereocenters. The first kappa shape index (κ1) is 22.2. The molecule has 7 heteroatoms. The highest BCUT2D eigenvalue weighted by Crippen LogP contribution is 2.24. The average Bonchev–Trinajstić information content (AvgIpc) is 3.06. The molecule has 1 amide bonds. The molecule has 2 aromatic rings. The van der Waals surface area contributed by atoms with Gasteiger partial charge < -0.3 is 19.9 Å². The summed E-state index contributed by atoms with van der Waals surface area (Å²) in [6.07, 6.45) is 9.14. The van der Waals surface area contributed by atoms with E-state index in [1.807, 2.05) is 6.08 Å². The molecule has 2 N–H and O–H groups in total.